The molecule has 12 nitrogen and oxygen atoms in total. The van der Waals surface area contributed by atoms with Crippen molar-refractivity contribution in [2.45, 2.75) is 25.3 Å². The Labute approximate surface area is 230 Å². The number of ether oxygens (including phenoxy) is 1. The molecule has 3 aromatic heterocycles. The van der Waals surface area contributed by atoms with Crippen LogP contribution in [0.25, 0.3) is 28.2 Å². The molecule has 5 aromatic rings. The molecule has 0 saturated heterocycles. The molecule has 0 fully saturated rings. The second-order valence-corrected chi connectivity index (χ2v) is 9.65. The van der Waals surface area contributed by atoms with E-state index < -0.39 is 18.0 Å². The van der Waals surface area contributed by atoms with Gasteiger partial charge in [0.1, 0.15) is 18.0 Å². The van der Waals surface area contributed by atoms with Gasteiger partial charge in [-0.05, 0) is 46.7 Å². The Morgan fingerprint density at radius 1 is 1.23 bits per heavy atom. The fourth-order valence-electron chi connectivity index (χ4n) is 4.88. The number of amides is 1. The van der Waals surface area contributed by atoms with Crippen molar-refractivity contribution >= 4 is 23.4 Å². The van der Waals surface area contributed by atoms with Gasteiger partial charge in [-0.2, -0.15) is 4.68 Å². The van der Waals surface area contributed by atoms with Gasteiger partial charge in [0.15, 0.2) is 5.82 Å². The number of anilines is 1. The van der Waals surface area contributed by atoms with Gasteiger partial charge in [-0.15, -0.1) is 5.10 Å². The molecule has 1 aliphatic rings. The number of aromatic amines is 1. The fourth-order valence-corrected chi connectivity index (χ4v) is 5.04. The molecule has 0 bridgehead atoms. The minimum absolute atomic E-state index is 0.0290. The van der Waals surface area contributed by atoms with Crippen LogP contribution in [0, 0.1) is 5.82 Å². The Morgan fingerprint density at radius 3 is 2.75 bits per heavy atom. The molecule has 202 valence electrons. The Hall–Kier alpha value is -4.91. The summed E-state index contributed by atoms with van der Waals surface area (Å²) in [6.07, 6.45) is 3.02. The molecule has 4 heterocycles. The number of nitrogens with one attached hydrogen (secondary N) is 2. The minimum atomic E-state index is -0.725. The summed E-state index contributed by atoms with van der Waals surface area (Å²) < 4.78 is 22.8. The van der Waals surface area contributed by atoms with E-state index in [2.05, 4.69) is 35.5 Å². The van der Waals surface area contributed by atoms with Crippen molar-refractivity contribution in [1.82, 2.24) is 39.7 Å². The lowest BCUT2D eigenvalue weighted by molar-refractivity contribution is 0.187. The summed E-state index contributed by atoms with van der Waals surface area (Å²) in [5.74, 6) is 0.258. The van der Waals surface area contributed by atoms with Gasteiger partial charge in [0.05, 0.1) is 47.0 Å². The SMILES string of the molecule is COC(=O)Nc1ccc(-c2cnc([C@H]3C[C@H](C)c4nc(-c5c(-n6cnnn6)ccc(Cl)c5F)cc(=O)n43)[nH]2)cc1. The maximum atomic E-state index is 15.3. The first kappa shape index (κ1) is 25.4. The van der Waals surface area contributed by atoms with Gasteiger partial charge in [-0.1, -0.05) is 30.7 Å². The summed E-state index contributed by atoms with van der Waals surface area (Å²) in [5.41, 5.74) is 2.28. The third-order valence-corrected chi connectivity index (χ3v) is 7.06. The van der Waals surface area contributed by atoms with E-state index in [1.165, 1.54) is 30.3 Å². The van der Waals surface area contributed by atoms with Crippen LogP contribution >= 0.6 is 11.6 Å². The van der Waals surface area contributed by atoms with E-state index in [0.29, 0.717) is 29.4 Å². The van der Waals surface area contributed by atoms with Crippen LogP contribution in [0.5, 0.6) is 0 Å². The monoisotopic (exact) mass is 561 g/mol. The molecule has 2 aromatic carbocycles. The van der Waals surface area contributed by atoms with Crippen molar-refractivity contribution in [2.24, 2.45) is 0 Å². The highest BCUT2D eigenvalue weighted by molar-refractivity contribution is 6.31. The number of H-pyrrole nitrogens is 1. The predicted octanol–water partition coefficient (Wildman–Crippen LogP) is 4.34. The standard InChI is InChI=1S/C26H21ClFN9O3/c1-13-9-20(24-29-11-18(32-24)14-3-5-15(6-4-14)31-26(39)40-2)37-21(38)10-17(33-25(13)37)22-19(36-12-30-34-35-36)8-7-16(27)23(22)28/h3-8,10-13,20H,9H2,1-2H3,(H,29,32)(H,31,39)/t13-,20+/m0/s1. The first-order valence-electron chi connectivity index (χ1n) is 12.2. The largest absolute Gasteiger partial charge is 0.453 e. The zero-order valence-electron chi connectivity index (χ0n) is 21.2. The number of carbonyl (C=O) groups is 1. The van der Waals surface area contributed by atoms with Crippen molar-refractivity contribution in [1.29, 1.82) is 0 Å². The fraction of sp³-hybridized carbons (Fsp3) is 0.192. The van der Waals surface area contributed by atoms with Crippen LogP contribution in [0.1, 0.15) is 37.0 Å². The number of carbonyl (C=O) groups excluding carboxylic acids is 1. The molecule has 0 spiro atoms. The number of rotatable bonds is 5. The number of imidazole rings is 1. The summed E-state index contributed by atoms with van der Waals surface area (Å²) >= 11 is 6.09. The van der Waals surface area contributed by atoms with Crippen molar-refractivity contribution in [3.05, 3.63) is 87.8 Å². The topological polar surface area (TPSA) is 146 Å². The molecule has 0 radical (unpaired) electrons. The molecule has 1 aliphatic heterocycles. The lowest BCUT2D eigenvalue weighted by Gasteiger charge is -2.15. The van der Waals surface area contributed by atoms with Crippen LogP contribution < -0.4 is 10.9 Å². The van der Waals surface area contributed by atoms with E-state index in [1.807, 2.05) is 19.1 Å². The normalized spacial score (nSPS) is 16.1. The van der Waals surface area contributed by atoms with Crippen molar-refractivity contribution in [3.8, 4) is 28.2 Å². The number of hydrogen-bond donors (Lipinski definition) is 2. The van der Waals surface area contributed by atoms with Crippen LogP contribution in [0.3, 0.4) is 0 Å². The quantitative estimate of drug-likeness (QED) is 0.322. The van der Waals surface area contributed by atoms with Gasteiger partial charge < -0.3 is 9.72 Å². The predicted molar refractivity (Wildman–Crippen MR) is 143 cm³/mol. The number of nitrogens with zero attached hydrogens (tertiary/aromatic N) is 7. The van der Waals surface area contributed by atoms with E-state index in [0.717, 1.165) is 11.3 Å². The molecule has 40 heavy (non-hydrogen) atoms. The zero-order chi connectivity index (χ0) is 28.0. The van der Waals surface area contributed by atoms with Crippen LogP contribution in [0.15, 0.2) is 59.8 Å². The van der Waals surface area contributed by atoms with Crippen LogP contribution in [0.2, 0.25) is 5.02 Å². The summed E-state index contributed by atoms with van der Waals surface area (Å²) in [7, 11) is 1.29. The zero-order valence-corrected chi connectivity index (χ0v) is 21.9. The van der Waals surface area contributed by atoms with Crippen molar-refractivity contribution in [2.75, 3.05) is 12.4 Å². The first-order valence-corrected chi connectivity index (χ1v) is 12.6. The van der Waals surface area contributed by atoms with E-state index >= 15 is 4.39 Å². The van der Waals surface area contributed by atoms with E-state index in [9.17, 15) is 9.59 Å². The Balaban J connectivity index is 1.35. The number of methoxy groups -OCH3 is 1. The second kappa shape index (κ2) is 10.0. The summed E-state index contributed by atoms with van der Waals surface area (Å²) in [6.45, 7) is 1.95. The number of hydrogen-bond acceptors (Lipinski definition) is 8. The molecule has 2 atom stereocenters. The number of aromatic nitrogens is 8. The van der Waals surface area contributed by atoms with E-state index in [4.69, 9.17) is 16.6 Å². The lowest BCUT2D eigenvalue weighted by Crippen LogP contribution is -2.25. The molecule has 14 heteroatoms. The van der Waals surface area contributed by atoms with Crippen LogP contribution in [-0.4, -0.2) is 52.9 Å². The van der Waals surface area contributed by atoms with Gasteiger partial charge in [-0.25, -0.2) is 19.2 Å². The third kappa shape index (κ3) is 4.39. The average molecular weight is 562 g/mol. The van der Waals surface area contributed by atoms with Gasteiger partial charge >= 0.3 is 6.09 Å². The maximum Gasteiger partial charge on any atom is 0.411 e. The molecule has 0 aliphatic carbocycles. The number of halogens is 2. The van der Waals surface area contributed by atoms with Crippen LogP contribution in [-0.2, 0) is 4.74 Å². The molecule has 1 amide bonds. The minimum Gasteiger partial charge on any atom is -0.453 e. The number of fused-ring (bicyclic) bond motifs is 1. The highest BCUT2D eigenvalue weighted by Crippen LogP contribution is 2.39. The Morgan fingerprint density at radius 2 is 2.02 bits per heavy atom. The third-order valence-electron chi connectivity index (χ3n) is 6.77. The molecule has 2 N–H and O–H groups in total. The van der Waals surface area contributed by atoms with Crippen molar-refractivity contribution in [3.63, 3.8) is 0 Å². The van der Waals surface area contributed by atoms with Crippen molar-refractivity contribution < 1.29 is 13.9 Å². The van der Waals surface area contributed by atoms with E-state index in [-0.39, 0.29) is 27.8 Å². The molecule has 6 rings (SSSR count). The summed E-state index contributed by atoms with van der Waals surface area (Å²) in [4.78, 5) is 37.5. The average Bonchev–Trinajstić information content (AvgIpc) is 3.72. The lowest BCUT2D eigenvalue weighted by atomic mass is 10.1. The highest BCUT2D eigenvalue weighted by Gasteiger charge is 2.34. The summed E-state index contributed by atoms with van der Waals surface area (Å²) in [5, 5.41) is 13.6. The molecular weight excluding hydrogens is 541 g/mol. The Bertz CT molecular complexity index is 1780. The molecule has 0 unspecified atom stereocenters. The van der Waals surface area contributed by atoms with Gasteiger partial charge in [0.2, 0.25) is 0 Å². The van der Waals surface area contributed by atoms with E-state index in [1.54, 1.807) is 29.0 Å². The maximum absolute atomic E-state index is 15.3. The van der Waals surface area contributed by atoms with Gasteiger partial charge in [-0.3, -0.25) is 14.7 Å². The summed E-state index contributed by atoms with van der Waals surface area (Å²) in [6, 6.07) is 11.0. The first-order chi connectivity index (χ1) is 19.3. The Kier molecular flexibility index (Phi) is 6.34. The number of benzene rings is 2. The van der Waals surface area contributed by atoms with Crippen LogP contribution in [0.4, 0.5) is 14.9 Å². The number of tetrazole rings is 1. The molecule has 0 saturated carbocycles. The second-order valence-electron chi connectivity index (χ2n) is 9.25. The smallest absolute Gasteiger partial charge is 0.411 e. The highest BCUT2D eigenvalue weighted by atomic mass is 35.5. The van der Waals surface area contributed by atoms with Gasteiger partial charge in [0.25, 0.3) is 5.56 Å². The van der Waals surface area contributed by atoms with Gasteiger partial charge in [0, 0.05) is 17.7 Å². The molecular formula is C26H21ClFN9O3.